The molecule has 1 aromatic carbocycles. The predicted molar refractivity (Wildman–Crippen MR) is 149 cm³/mol. The van der Waals surface area contributed by atoms with Crippen molar-refractivity contribution in [2.75, 3.05) is 19.6 Å². The summed E-state index contributed by atoms with van der Waals surface area (Å²) in [5.41, 5.74) is 3.66. The van der Waals surface area contributed by atoms with Crippen LogP contribution in [0.3, 0.4) is 0 Å². The molecule has 0 bridgehead atoms. The van der Waals surface area contributed by atoms with Crippen LogP contribution in [0, 0.1) is 11.8 Å². The molecule has 1 unspecified atom stereocenters. The maximum Gasteiger partial charge on any atom is 0.251 e. The first-order valence-electron chi connectivity index (χ1n) is 14.2. The number of hydrogen-bond acceptors (Lipinski definition) is 3. The summed E-state index contributed by atoms with van der Waals surface area (Å²) >= 11 is 0. The number of nitrogens with one attached hydrogen (secondary N) is 1. The predicted octanol–water partition coefficient (Wildman–Crippen LogP) is 5.56. The number of carbonyl (C=O) groups excluding carboxylic acids is 3. The lowest BCUT2D eigenvalue weighted by molar-refractivity contribution is -0.139. The zero-order chi connectivity index (χ0) is 27.2. The fourth-order valence-electron chi connectivity index (χ4n) is 5.57. The Balaban J connectivity index is 1.80. The first kappa shape index (κ1) is 28.9. The number of carbonyl (C=O) groups is 3. The molecule has 0 spiro atoms. The largest absolute Gasteiger partial charge is 0.356 e. The van der Waals surface area contributed by atoms with Crippen molar-refractivity contribution in [2.24, 2.45) is 11.8 Å². The Morgan fingerprint density at radius 1 is 1.03 bits per heavy atom. The van der Waals surface area contributed by atoms with E-state index in [1.807, 2.05) is 20.8 Å². The minimum Gasteiger partial charge on any atom is -0.356 e. The van der Waals surface area contributed by atoms with Gasteiger partial charge in [0.15, 0.2) is 0 Å². The molecule has 3 amide bonds. The van der Waals surface area contributed by atoms with Gasteiger partial charge in [-0.15, -0.1) is 0 Å². The number of rotatable bonds is 9. The Morgan fingerprint density at radius 3 is 2.22 bits per heavy atom. The summed E-state index contributed by atoms with van der Waals surface area (Å²) in [4.78, 5) is 43.5. The summed E-state index contributed by atoms with van der Waals surface area (Å²) in [6, 6.07) is 8.35. The fraction of sp³-hybridized carbons (Fsp3) is 0.645. The Bertz CT molecular complexity index is 980. The second kappa shape index (κ2) is 12.7. The van der Waals surface area contributed by atoms with Gasteiger partial charge in [-0.3, -0.25) is 14.4 Å². The summed E-state index contributed by atoms with van der Waals surface area (Å²) in [5.74, 6) is -0.183. The van der Waals surface area contributed by atoms with E-state index < -0.39 is 5.92 Å². The van der Waals surface area contributed by atoms with Gasteiger partial charge in [-0.1, -0.05) is 64.3 Å². The fourth-order valence-corrected chi connectivity index (χ4v) is 5.57. The number of hydrogen-bond donors (Lipinski definition) is 1. The van der Waals surface area contributed by atoms with Gasteiger partial charge in [-0.05, 0) is 62.5 Å². The summed E-state index contributed by atoms with van der Waals surface area (Å²) < 4.78 is 0. The van der Waals surface area contributed by atoms with Crippen LogP contribution in [0.2, 0.25) is 0 Å². The van der Waals surface area contributed by atoms with Crippen molar-refractivity contribution in [2.45, 2.75) is 98.4 Å². The highest BCUT2D eigenvalue weighted by Gasteiger charge is 2.37. The molecule has 1 saturated carbocycles. The molecule has 3 rings (SSSR count). The summed E-state index contributed by atoms with van der Waals surface area (Å²) in [7, 11) is 0. The van der Waals surface area contributed by atoms with Crippen LogP contribution in [0.25, 0.3) is 0 Å². The van der Waals surface area contributed by atoms with Gasteiger partial charge in [-0.25, -0.2) is 0 Å². The first-order chi connectivity index (χ1) is 17.5. The Hall–Kier alpha value is -2.63. The molecule has 204 valence electrons. The highest BCUT2D eigenvalue weighted by atomic mass is 16.2. The standard InChI is InChI=1S/C31H47N3O3/c1-7-33(8-2)30(37)27-18-25(19-28(35)32-20-23-12-10-9-11-13-23)29(36)34(22(27)3)21-24-14-16-26(17-15-24)31(4,5)6/h14-17,23,25H,7-13,18-21H2,1-6H3,(H,32,35). The normalized spacial score (nSPS) is 19.2. The molecule has 1 atom stereocenters. The second-order valence-electron chi connectivity index (χ2n) is 11.8. The van der Waals surface area contributed by atoms with E-state index in [-0.39, 0.29) is 29.6 Å². The van der Waals surface area contributed by atoms with Crippen LogP contribution in [-0.2, 0) is 26.3 Å². The van der Waals surface area contributed by atoms with E-state index in [2.05, 4.69) is 50.4 Å². The molecule has 0 saturated heterocycles. The third-order valence-corrected chi connectivity index (χ3v) is 8.12. The van der Waals surface area contributed by atoms with E-state index in [9.17, 15) is 14.4 Å². The van der Waals surface area contributed by atoms with Crippen molar-refractivity contribution in [1.29, 1.82) is 0 Å². The number of nitrogens with zero attached hydrogens (tertiary/aromatic N) is 2. The lowest BCUT2D eigenvalue weighted by Gasteiger charge is -2.36. The van der Waals surface area contributed by atoms with E-state index >= 15 is 0 Å². The smallest absolute Gasteiger partial charge is 0.251 e. The summed E-state index contributed by atoms with van der Waals surface area (Å²) in [6.45, 7) is 14.6. The summed E-state index contributed by atoms with van der Waals surface area (Å²) in [5, 5.41) is 3.08. The van der Waals surface area contributed by atoms with Crippen LogP contribution in [0.4, 0.5) is 0 Å². The molecule has 2 aliphatic rings. The van der Waals surface area contributed by atoms with Gasteiger partial charge in [0.25, 0.3) is 5.91 Å². The zero-order valence-electron chi connectivity index (χ0n) is 23.9. The molecule has 6 nitrogen and oxygen atoms in total. The lowest BCUT2D eigenvalue weighted by atomic mass is 9.86. The molecule has 1 heterocycles. The molecule has 0 radical (unpaired) electrons. The molecular formula is C31H47N3O3. The quantitative estimate of drug-likeness (QED) is 0.474. The van der Waals surface area contributed by atoms with E-state index in [0.29, 0.717) is 49.8 Å². The molecule has 1 aliphatic carbocycles. The molecule has 6 heteroatoms. The van der Waals surface area contributed by atoms with Crippen molar-refractivity contribution in [3.8, 4) is 0 Å². The van der Waals surface area contributed by atoms with Crippen molar-refractivity contribution >= 4 is 17.7 Å². The van der Waals surface area contributed by atoms with Crippen LogP contribution < -0.4 is 5.32 Å². The molecule has 1 fully saturated rings. The van der Waals surface area contributed by atoms with Gasteiger partial charge in [0.05, 0.1) is 12.5 Å². The Morgan fingerprint density at radius 2 is 1.65 bits per heavy atom. The first-order valence-corrected chi connectivity index (χ1v) is 14.2. The van der Waals surface area contributed by atoms with Gasteiger partial charge in [0.1, 0.15) is 0 Å². The highest BCUT2D eigenvalue weighted by Crippen LogP contribution is 2.33. The maximum atomic E-state index is 13.7. The van der Waals surface area contributed by atoms with Crippen molar-refractivity contribution < 1.29 is 14.4 Å². The third-order valence-electron chi connectivity index (χ3n) is 8.12. The Labute approximate surface area is 223 Å². The number of allylic oxidation sites excluding steroid dienone is 1. The van der Waals surface area contributed by atoms with Crippen LogP contribution in [0.1, 0.15) is 97.6 Å². The highest BCUT2D eigenvalue weighted by molar-refractivity contribution is 5.98. The van der Waals surface area contributed by atoms with Gasteiger partial charge in [0, 0.05) is 37.3 Å². The monoisotopic (exact) mass is 509 g/mol. The third kappa shape index (κ3) is 7.45. The average molecular weight is 510 g/mol. The maximum absolute atomic E-state index is 13.7. The second-order valence-corrected chi connectivity index (χ2v) is 11.8. The molecule has 1 aliphatic heterocycles. The number of likely N-dealkylation sites (N-methyl/N-ethyl adjacent to an activating group) is 1. The molecule has 0 aromatic heterocycles. The van der Waals surface area contributed by atoms with Gasteiger partial charge >= 0.3 is 0 Å². The van der Waals surface area contributed by atoms with E-state index in [0.717, 1.165) is 18.4 Å². The van der Waals surface area contributed by atoms with Crippen molar-refractivity contribution in [3.05, 3.63) is 46.7 Å². The van der Waals surface area contributed by atoms with Crippen LogP contribution >= 0.6 is 0 Å². The van der Waals surface area contributed by atoms with E-state index in [1.54, 1.807) is 9.80 Å². The number of benzene rings is 1. The van der Waals surface area contributed by atoms with Gasteiger partial charge < -0.3 is 15.1 Å². The Kier molecular flexibility index (Phi) is 9.97. The van der Waals surface area contributed by atoms with Crippen LogP contribution in [0.5, 0.6) is 0 Å². The molecule has 37 heavy (non-hydrogen) atoms. The lowest BCUT2D eigenvalue weighted by Crippen LogP contribution is -2.44. The van der Waals surface area contributed by atoms with Gasteiger partial charge in [0.2, 0.25) is 11.8 Å². The molecule has 1 aromatic rings. The zero-order valence-corrected chi connectivity index (χ0v) is 23.9. The molecule has 1 N–H and O–H groups in total. The van der Waals surface area contributed by atoms with Crippen molar-refractivity contribution in [1.82, 2.24) is 15.1 Å². The SMILES string of the molecule is CCN(CC)C(=O)C1=C(C)N(Cc2ccc(C(C)(C)C)cc2)C(=O)C(CC(=O)NCC2CCCCC2)C1. The van der Waals surface area contributed by atoms with Gasteiger partial charge in [-0.2, -0.15) is 0 Å². The van der Waals surface area contributed by atoms with E-state index in [1.165, 1.54) is 24.8 Å². The minimum atomic E-state index is -0.529. The van der Waals surface area contributed by atoms with E-state index in [4.69, 9.17) is 0 Å². The van der Waals surface area contributed by atoms with Crippen LogP contribution in [0.15, 0.2) is 35.5 Å². The average Bonchev–Trinajstić information content (AvgIpc) is 2.88. The number of amides is 3. The molecular weight excluding hydrogens is 462 g/mol. The van der Waals surface area contributed by atoms with Crippen molar-refractivity contribution in [3.63, 3.8) is 0 Å². The minimum absolute atomic E-state index is 0.0318. The summed E-state index contributed by atoms with van der Waals surface area (Å²) in [6.07, 6.45) is 6.50. The van der Waals surface area contributed by atoms with Crippen LogP contribution in [-0.4, -0.2) is 47.2 Å². The topological polar surface area (TPSA) is 69.7 Å².